The van der Waals surface area contributed by atoms with Crippen molar-refractivity contribution in [2.24, 2.45) is 0 Å². The van der Waals surface area contributed by atoms with E-state index in [1.54, 1.807) is 18.2 Å². The van der Waals surface area contributed by atoms with Crippen LogP contribution in [0.1, 0.15) is 10.4 Å². The molecule has 0 radical (unpaired) electrons. The van der Waals surface area contributed by atoms with Gasteiger partial charge in [0.15, 0.2) is 0 Å². The van der Waals surface area contributed by atoms with Gasteiger partial charge in [0.2, 0.25) is 0 Å². The Bertz CT molecular complexity index is 729. The highest BCUT2D eigenvalue weighted by Gasteiger charge is 2.10. The maximum Gasteiger partial charge on any atom is 0.256 e. The van der Waals surface area contributed by atoms with Crippen LogP contribution in [0.25, 0.3) is 10.9 Å². The second-order valence-corrected chi connectivity index (χ2v) is 4.25. The summed E-state index contributed by atoms with van der Waals surface area (Å²) in [5.74, 6) is 0.00150. The van der Waals surface area contributed by atoms with Crippen LogP contribution in [0.2, 0.25) is 0 Å². The molecule has 0 aliphatic carbocycles. The molecule has 0 unspecified atom stereocenters. The molecule has 0 fully saturated rings. The van der Waals surface area contributed by atoms with Crippen LogP contribution in [-0.2, 0) is 0 Å². The van der Waals surface area contributed by atoms with Crippen molar-refractivity contribution in [2.45, 2.75) is 0 Å². The summed E-state index contributed by atoms with van der Waals surface area (Å²) >= 11 is 0. The number of benzene rings is 2. The fraction of sp³-hybridized carbons (Fsp3) is 0. The van der Waals surface area contributed by atoms with Crippen molar-refractivity contribution in [1.82, 2.24) is 4.98 Å². The van der Waals surface area contributed by atoms with E-state index in [1.165, 1.54) is 12.1 Å². The number of H-pyrrole nitrogens is 1. The summed E-state index contributed by atoms with van der Waals surface area (Å²) in [7, 11) is 0. The van der Waals surface area contributed by atoms with Gasteiger partial charge in [-0.3, -0.25) is 4.79 Å². The van der Waals surface area contributed by atoms with Gasteiger partial charge in [-0.05, 0) is 42.5 Å². The van der Waals surface area contributed by atoms with Gasteiger partial charge in [-0.1, -0.05) is 6.07 Å². The molecule has 3 rings (SSSR count). The Morgan fingerprint density at radius 1 is 1.05 bits per heavy atom. The van der Waals surface area contributed by atoms with Crippen LogP contribution in [-0.4, -0.2) is 16.0 Å². The lowest BCUT2D eigenvalue weighted by Crippen LogP contribution is -2.11. The lowest BCUT2D eigenvalue weighted by Gasteiger charge is -2.06. The maximum atomic E-state index is 12.2. The van der Waals surface area contributed by atoms with Crippen molar-refractivity contribution in [1.29, 1.82) is 0 Å². The number of amides is 1. The summed E-state index contributed by atoms with van der Waals surface area (Å²) in [6, 6.07) is 13.8. The van der Waals surface area contributed by atoms with Crippen LogP contribution in [0.4, 0.5) is 5.69 Å². The van der Waals surface area contributed by atoms with Crippen molar-refractivity contribution in [2.75, 3.05) is 5.32 Å². The molecule has 1 aromatic heterocycles. The number of phenolic OH excluding ortho intramolecular Hbond substituents is 1. The minimum absolute atomic E-state index is 0.170. The summed E-state index contributed by atoms with van der Waals surface area (Å²) in [5, 5.41) is 12.9. The van der Waals surface area contributed by atoms with E-state index in [1.807, 2.05) is 24.4 Å². The van der Waals surface area contributed by atoms with Crippen LogP contribution in [0.3, 0.4) is 0 Å². The molecule has 0 aliphatic rings. The minimum Gasteiger partial charge on any atom is -0.508 e. The van der Waals surface area contributed by atoms with Crippen molar-refractivity contribution < 1.29 is 9.90 Å². The number of aromatic amines is 1. The Kier molecular flexibility index (Phi) is 2.68. The van der Waals surface area contributed by atoms with Crippen LogP contribution in [0.15, 0.2) is 54.7 Å². The second-order valence-electron chi connectivity index (χ2n) is 4.25. The Morgan fingerprint density at radius 2 is 1.84 bits per heavy atom. The number of phenols is 1. The molecule has 0 bridgehead atoms. The summed E-state index contributed by atoms with van der Waals surface area (Å²) in [4.78, 5) is 15.3. The number of anilines is 1. The molecular weight excluding hydrogens is 240 g/mol. The van der Waals surface area contributed by atoms with Crippen molar-refractivity contribution in [3.05, 3.63) is 60.3 Å². The van der Waals surface area contributed by atoms with Crippen LogP contribution in [0, 0.1) is 0 Å². The summed E-state index contributed by atoms with van der Waals surface area (Å²) in [6.45, 7) is 0. The van der Waals surface area contributed by atoms with E-state index in [4.69, 9.17) is 0 Å². The Morgan fingerprint density at radius 3 is 2.63 bits per heavy atom. The maximum absolute atomic E-state index is 12.2. The van der Waals surface area contributed by atoms with E-state index in [0.29, 0.717) is 11.3 Å². The number of aromatic hydroxyl groups is 1. The number of hydrogen-bond acceptors (Lipinski definition) is 2. The largest absolute Gasteiger partial charge is 0.508 e. The molecule has 3 aromatic rings. The lowest BCUT2D eigenvalue weighted by molar-refractivity contribution is 0.102. The zero-order chi connectivity index (χ0) is 13.2. The number of carbonyl (C=O) groups is 1. The second kappa shape index (κ2) is 4.49. The van der Waals surface area contributed by atoms with E-state index in [2.05, 4.69) is 10.3 Å². The smallest absolute Gasteiger partial charge is 0.256 e. The SMILES string of the molecule is O=C(Nc1ccc(O)cc1)c1cccc2[nH]ccc12. The molecule has 1 amide bonds. The zero-order valence-electron chi connectivity index (χ0n) is 10.1. The molecule has 0 atom stereocenters. The molecule has 0 saturated carbocycles. The van der Waals surface area contributed by atoms with Gasteiger partial charge in [-0.25, -0.2) is 0 Å². The van der Waals surface area contributed by atoms with Crippen molar-refractivity contribution >= 4 is 22.5 Å². The van der Waals surface area contributed by atoms with Gasteiger partial charge in [0.1, 0.15) is 5.75 Å². The van der Waals surface area contributed by atoms with E-state index in [0.717, 1.165) is 10.9 Å². The molecule has 4 heteroatoms. The molecule has 2 aromatic carbocycles. The molecule has 0 spiro atoms. The van der Waals surface area contributed by atoms with Crippen molar-refractivity contribution in [3.63, 3.8) is 0 Å². The lowest BCUT2D eigenvalue weighted by atomic mass is 10.1. The highest BCUT2D eigenvalue weighted by Crippen LogP contribution is 2.20. The zero-order valence-corrected chi connectivity index (χ0v) is 10.1. The van der Waals surface area contributed by atoms with E-state index in [-0.39, 0.29) is 11.7 Å². The number of aromatic nitrogens is 1. The van der Waals surface area contributed by atoms with E-state index < -0.39 is 0 Å². The number of rotatable bonds is 2. The highest BCUT2D eigenvalue weighted by molar-refractivity contribution is 6.12. The summed E-state index contributed by atoms with van der Waals surface area (Å²) in [5.41, 5.74) is 2.19. The monoisotopic (exact) mass is 252 g/mol. The van der Waals surface area contributed by atoms with Gasteiger partial charge in [-0.15, -0.1) is 0 Å². The number of nitrogens with one attached hydrogen (secondary N) is 2. The standard InChI is InChI=1S/C15H12N2O2/c18-11-6-4-10(5-7-11)17-15(19)13-2-1-3-14-12(13)8-9-16-14/h1-9,16,18H,(H,17,19). The Labute approximate surface area is 109 Å². The average molecular weight is 252 g/mol. The number of hydrogen-bond donors (Lipinski definition) is 3. The van der Waals surface area contributed by atoms with Crippen LogP contribution >= 0.6 is 0 Å². The first-order valence-corrected chi connectivity index (χ1v) is 5.90. The Balaban J connectivity index is 1.92. The molecule has 0 saturated heterocycles. The van der Waals surface area contributed by atoms with Crippen molar-refractivity contribution in [3.8, 4) is 5.75 Å². The number of fused-ring (bicyclic) bond motifs is 1. The Hall–Kier alpha value is -2.75. The van der Waals surface area contributed by atoms with Gasteiger partial charge < -0.3 is 15.4 Å². The quantitative estimate of drug-likeness (QED) is 0.613. The molecule has 0 aliphatic heterocycles. The van der Waals surface area contributed by atoms with Crippen LogP contribution in [0.5, 0.6) is 5.75 Å². The van der Waals surface area contributed by atoms with Gasteiger partial charge in [-0.2, -0.15) is 0 Å². The third-order valence-electron chi connectivity index (χ3n) is 2.96. The summed E-state index contributed by atoms with van der Waals surface area (Å²) < 4.78 is 0. The first-order valence-electron chi connectivity index (χ1n) is 5.90. The van der Waals surface area contributed by atoms with Gasteiger partial charge >= 0.3 is 0 Å². The molecule has 94 valence electrons. The fourth-order valence-electron chi connectivity index (χ4n) is 2.03. The molecule has 1 heterocycles. The molecular formula is C15H12N2O2. The fourth-order valence-corrected chi connectivity index (χ4v) is 2.03. The highest BCUT2D eigenvalue weighted by atomic mass is 16.3. The predicted molar refractivity (Wildman–Crippen MR) is 74.4 cm³/mol. The van der Waals surface area contributed by atoms with Gasteiger partial charge in [0.05, 0.1) is 0 Å². The third kappa shape index (κ3) is 2.15. The number of carbonyl (C=O) groups excluding carboxylic acids is 1. The average Bonchev–Trinajstić information content (AvgIpc) is 2.89. The van der Waals surface area contributed by atoms with E-state index in [9.17, 15) is 9.90 Å². The normalized spacial score (nSPS) is 10.5. The predicted octanol–water partition coefficient (Wildman–Crippen LogP) is 3.13. The van der Waals surface area contributed by atoms with Gasteiger partial charge in [0, 0.05) is 28.4 Å². The molecule has 19 heavy (non-hydrogen) atoms. The molecule has 3 N–H and O–H groups in total. The van der Waals surface area contributed by atoms with E-state index >= 15 is 0 Å². The van der Waals surface area contributed by atoms with Gasteiger partial charge in [0.25, 0.3) is 5.91 Å². The first kappa shape index (κ1) is 11.3. The molecule has 4 nitrogen and oxygen atoms in total. The third-order valence-corrected chi connectivity index (χ3v) is 2.96. The minimum atomic E-state index is -0.170. The van der Waals surface area contributed by atoms with Crippen LogP contribution < -0.4 is 5.32 Å². The summed E-state index contributed by atoms with van der Waals surface area (Å²) in [6.07, 6.45) is 1.81. The topological polar surface area (TPSA) is 65.1 Å². The first-order chi connectivity index (χ1) is 9.24.